The highest BCUT2D eigenvalue weighted by Crippen LogP contribution is 2.22. The minimum Gasteiger partial charge on any atom is -0.349 e. The van der Waals surface area contributed by atoms with Gasteiger partial charge in [-0.3, -0.25) is 9.69 Å². The van der Waals surface area contributed by atoms with E-state index in [9.17, 15) is 9.18 Å². The quantitative estimate of drug-likeness (QED) is 0.642. The summed E-state index contributed by atoms with van der Waals surface area (Å²) in [6.45, 7) is 6.11. The van der Waals surface area contributed by atoms with Gasteiger partial charge < -0.3 is 9.84 Å². The van der Waals surface area contributed by atoms with Crippen molar-refractivity contribution >= 4 is 5.91 Å². The third-order valence-corrected chi connectivity index (χ3v) is 5.82. The van der Waals surface area contributed by atoms with Crippen LogP contribution >= 0.6 is 0 Å². The number of aromatic nitrogens is 2. The summed E-state index contributed by atoms with van der Waals surface area (Å²) in [5, 5.41) is 7.18. The Bertz CT molecular complexity index is 1030. The lowest BCUT2D eigenvalue weighted by molar-refractivity contribution is -0.127. The first-order chi connectivity index (χ1) is 15.0. The Morgan fingerprint density at radius 1 is 1.26 bits per heavy atom. The number of benzene rings is 2. The van der Waals surface area contributed by atoms with Crippen LogP contribution in [0.25, 0.3) is 11.4 Å². The van der Waals surface area contributed by atoms with Crippen LogP contribution in [0.2, 0.25) is 0 Å². The highest BCUT2D eigenvalue weighted by Gasteiger charge is 2.28. The van der Waals surface area contributed by atoms with Gasteiger partial charge in [-0.1, -0.05) is 29.4 Å². The van der Waals surface area contributed by atoms with Crippen LogP contribution in [0.1, 0.15) is 42.8 Å². The maximum atomic E-state index is 13.1. The number of carbonyl (C=O) groups excluding carboxylic acids is 1. The van der Waals surface area contributed by atoms with Gasteiger partial charge in [-0.05, 0) is 68.6 Å². The van der Waals surface area contributed by atoms with Gasteiger partial charge in [-0.25, -0.2) is 4.39 Å². The number of piperidine rings is 1. The Morgan fingerprint density at radius 3 is 2.81 bits per heavy atom. The van der Waals surface area contributed by atoms with Crippen LogP contribution in [0, 0.1) is 18.7 Å². The van der Waals surface area contributed by atoms with E-state index in [0.717, 1.165) is 24.9 Å². The number of nitrogens with zero attached hydrogens (tertiary/aromatic N) is 3. The van der Waals surface area contributed by atoms with Gasteiger partial charge in [-0.2, -0.15) is 4.98 Å². The zero-order valence-electron chi connectivity index (χ0n) is 17.8. The lowest BCUT2D eigenvalue weighted by Gasteiger charge is -2.31. The molecule has 0 saturated carbocycles. The second kappa shape index (κ2) is 9.39. The Labute approximate surface area is 181 Å². The minimum atomic E-state index is -0.304. The summed E-state index contributed by atoms with van der Waals surface area (Å²) in [7, 11) is 0. The lowest BCUT2D eigenvalue weighted by atomic mass is 9.95. The van der Waals surface area contributed by atoms with Gasteiger partial charge in [-0.15, -0.1) is 0 Å². The molecule has 6 nitrogen and oxygen atoms in total. The molecule has 0 spiro atoms. The molecule has 2 aromatic carbocycles. The standard InChI is InChI=1S/C24H27FN4O2/c1-16-6-3-4-8-21(16)17(2)26-24(30)19-7-5-13-29(14-19)15-22-27-23(28-31-22)18-9-11-20(25)12-10-18/h3-4,6,8-12,17,19H,5,7,13-15H2,1-2H3,(H,26,30). The van der Waals surface area contributed by atoms with Crippen molar-refractivity contribution in [3.63, 3.8) is 0 Å². The highest BCUT2D eigenvalue weighted by molar-refractivity contribution is 5.79. The fourth-order valence-corrected chi connectivity index (χ4v) is 4.12. The van der Waals surface area contributed by atoms with Crippen molar-refractivity contribution in [3.8, 4) is 11.4 Å². The molecule has 2 atom stereocenters. The third-order valence-electron chi connectivity index (χ3n) is 5.82. The summed E-state index contributed by atoms with van der Waals surface area (Å²) in [6.07, 6.45) is 1.81. The van der Waals surface area contributed by atoms with Crippen molar-refractivity contribution in [1.82, 2.24) is 20.4 Å². The van der Waals surface area contributed by atoms with Crippen LogP contribution in [-0.4, -0.2) is 34.0 Å². The molecule has 1 amide bonds. The van der Waals surface area contributed by atoms with E-state index in [1.807, 2.05) is 19.1 Å². The van der Waals surface area contributed by atoms with Crippen LogP contribution in [0.5, 0.6) is 0 Å². The number of hydrogen-bond acceptors (Lipinski definition) is 5. The first-order valence-corrected chi connectivity index (χ1v) is 10.7. The van der Waals surface area contributed by atoms with Gasteiger partial charge in [0.2, 0.25) is 17.6 Å². The molecule has 1 fully saturated rings. The molecule has 162 valence electrons. The molecule has 7 heteroatoms. The zero-order valence-corrected chi connectivity index (χ0v) is 17.8. The first-order valence-electron chi connectivity index (χ1n) is 10.7. The molecule has 1 aliphatic heterocycles. The number of carbonyl (C=O) groups is 1. The second-order valence-electron chi connectivity index (χ2n) is 8.18. The fourth-order valence-electron chi connectivity index (χ4n) is 4.12. The molecule has 31 heavy (non-hydrogen) atoms. The number of likely N-dealkylation sites (tertiary alicyclic amines) is 1. The fraction of sp³-hybridized carbons (Fsp3) is 0.375. The maximum Gasteiger partial charge on any atom is 0.241 e. The molecule has 1 saturated heterocycles. The average Bonchev–Trinajstić information content (AvgIpc) is 3.23. The van der Waals surface area contributed by atoms with E-state index in [4.69, 9.17) is 4.52 Å². The normalized spacial score (nSPS) is 18.0. The smallest absolute Gasteiger partial charge is 0.241 e. The van der Waals surface area contributed by atoms with E-state index in [0.29, 0.717) is 30.4 Å². The highest BCUT2D eigenvalue weighted by atomic mass is 19.1. The van der Waals surface area contributed by atoms with Gasteiger partial charge in [0.1, 0.15) is 5.82 Å². The van der Waals surface area contributed by atoms with E-state index < -0.39 is 0 Å². The van der Waals surface area contributed by atoms with Gasteiger partial charge in [0.15, 0.2) is 0 Å². The van der Waals surface area contributed by atoms with E-state index >= 15 is 0 Å². The number of halogens is 1. The van der Waals surface area contributed by atoms with E-state index in [2.05, 4.69) is 39.4 Å². The van der Waals surface area contributed by atoms with Crippen molar-refractivity contribution in [2.75, 3.05) is 13.1 Å². The van der Waals surface area contributed by atoms with Gasteiger partial charge in [0.05, 0.1) is 18.5 Å². The van der Waals surface area contributed by atoms with Crippen LogP contribution in [-0.2, 0) is 11.3 Å². The largest absolute Gasteiger partial charge is 0.349 e. The molecule has 0 radical (unpaired) electrons. The number of rotatable bonds is 6. The number of hydrogen-bond donors (Lipinski definition) is 1. The molecule has 3 aromatic rings. The van der Waals surface area contributed by atoms with Crippen LogP contribution in [0.4, 0.5) is 4.39 Å². The monoisotopic (exact) mass is 422 g/mol. The molecule has 1 aromatic heterocycles. The van der Waals surface area contributed by atoms with Crippen LogP contribution in [0.15, 0.2) is 53.1 Å². The Hall–Kier alpha value is -3.06. The Balaban J connectivity index is 1.35. The van der Waals surface area contributed by atoms with Crippen LogP contribution < -0.4 is 5.32 Å². The molecule has 0 bridgehead atoms. The number of amides is 1. The molecule has 1 aliphatic rings. The predicted molar refractivity (Wildman–Crippen MR) is 115 cm³/mol. The third kappa shape index (κ3) is 5.17. The number of aryl methyl sites for hydroxylation is 1. The van der Waals surface area contributed by atoms with E-state index in [1.165, 1.54) is 17.7 Å². The summed E-state index contributed by atoms with van der Waals surface area (Å²) in [4.78, 5) is 19.5. The zero-order chi connectivity index (χ0) is 21.8. The minimum absolute atomic E-state index is 0.0294. The van der Waals surface area contributed by atoms with Crippen LogP contribution in [0.3, 0.4) is 0 Å². The molecule has 1 N–H and O–H groups in total. The molecular formula is C24H27FN4O2. The maximum absolute atomic E-state index is 13.1. The lowest BCUT2D eigenvalue weighted by Crippen LogP contribution is -2.43. The van der Waals surface area contributed by atoms with Crippen molar-refractivity contribution in [2.45, 2.75) is 39.3 Å². The SMILES string of the molecule is Cc1ccccc1C(C)NC(=O)C1CCCN(Cc2nc(-c3ccc(F)cc3)no2)C1. The topological polar surface area (TPSA) is 71.3 Å². The van der Waals surface area contributed by atoms with Crippen molar-refractivity contribution in [3.05, 3.63) is 71.4 Å². The molecule has 0 aliphatic carbocycles. The second-order valence-corrected chi connectivity index (χ2v) is 8.18. The number of nitrogens with one attached hydrogen (secondary N) is 1. The van der Waals surface area contributed by atoms with Crippen molar-refractivity contribution in [2.24, 2.45) is 5.92 Å². The summed E-state index contributed by atoms with van der Waals surface area (Å²) in [5.41, 5.74) is 3.02. The summed E-state index contributed by atoms with van der Waals surface area (Å²) in [5.74, 6) is 0.640. The molecular weight excluding hydrogens is 395 g/mol. The summed E-state index contributed by atoms with van der Waals surface area (Å²) < 4.78 is 18.5. The first kappa shape index (κ1) is 21.2. The van der Waals surface area contributed by atoms with Crippen molar-refractivity contribution in [1.29, 1.82) is 0 Å². The summed E-state index contributed by atoms with van der Waals surface area (Å²) in [6, 6.07) is 14.1. The van der Waals surface area contributed by atoms with E-state index in [-0.39, 0.29) is 23.7 Å². The average molecular weight is 423 g/mol. The predicted octanol–water partition coefficient (Wildman–Crippen LogP) is 4.27. The summed E-state index contributed by atoms with van der Waals surface area (Å²) >= 11 is 0. The Morgan fingerprint density at radius 2 is 2.03 bits per heavy atom. The van der Waals surface area contributed by atoms with Crippen molar-refractivity contribution < 1.29 is 13.7 Å². The van der Waals surface area contributed by atoms with Gasteiger partial charge in [0.25, 0.3) is 0 Å². The molecule has 2 unspecified atom stereocenters. The van der Waals surface area contributed by atoms with E-state index in [1.54, 1.807) is 12.1 Å². The molecule has 4 rings (SSSR count). The van der Waals surface area contributed by atoms with Gasteiger partial charge in [0, 0.05) is 12.1 Å². The molecule has 2 heterocycles. The Kier molecular flexibility index (Phi) is 6.42. The van der Waals surface area contributed by atoms with Gasteiger partial charge >= 0.3 is 0 Å².